The minimum atomic E-state index is 0.267. The Kier molecular flexibility index (Phi) is 2.58. The van der Waals surface area contributed by atoms with Crippen molar-refractivity contribution in [2.45, 2.75) is 44.7 Å². The van der Waals surface area contributed by atoms with Crippen LogP contribution in [0.5, 0.6) is 0 Å². The summed E-state index contributed by atoms with van der Waals surface area (Å²) in [6.45, 7) is 2.21. The third-order valence-corrected chi connectivity index (χ3v) is 4.43. The highest BCUT2D eigenvalue weighted by atomic mass is 15.3. The summed E-state index contributed by atoms with van der Waals surface area (Å²) in [5, 5.41) is 12.4. The molecular formula is C15H20N4. The number of rotatable bonds is 5. The lowest BCUT2D eigenvalue weighted by atomic mass is 10.1. The molecule has 1 unspecified atom stereocenters. The first-order valence-electron chi connectivity index (χ1n) is 7.38. The molecule has 2 heterocycles. The second kappa shape index (κ2) is 4.30. The van der Waals surface area contributed by atoms with Crippen molar-refractivity contribution in [1.29, 1.82) is 0 Å². The molecule has 0 aliphatic heterocycles. The fraction of sp³-hybridized carbons (Fsp3) is 0.600. The van der Waals surface area contributed by atoms with Crippen LogP contribution < -0.4 is 5.32 Å². The molecule has 100 valence electrons. The molecule has 2 aromatic rings. The van der Waals surface area contributed by atoms with Crippen LogP contribution in [0.4, 0.5) is 0 Å². The van der Waals surface area contributed by atoms with E-state index in [1.54, 1.807) is 0 Å². The Balaban J connectivity index is 1.57. The molecule has 1 N–H and O–H groups in total. The summed E-state index contributed by atoms with van der Waals surface area (Å²) < 4.78 is 2.09. The van der Waals surface area contributed by atoms with E-state index in [9.17, 15) is 0 Å². The van der Waals surface area contributed by atoms with E-state index < -0.39 is 0 Å². The van der Waals surface area contributed by atoms with Crippen LogP contribution in [0.15, 0.2) is 24.4 Å². The lowest BCUT2D eigenvalue weighted by molar-refractivity contribution is 0.368. The van der Waals surface area contributed by atoms with Crippen LogP contribution in [0.3, 0.4) is 0 Å². The second-order valence-electron chi connectivity index (χ2n) is 6.08. The summed E-state index contributed by atoms with van der Waals surface area (Å²) in [7, 11) is 0. The molecule has 2 saturated carbocycles. The van der Waals surface area contributed by atoms with E-state index in [1.807, 2.05) is 24.4 Å². The number of nitrogens with zero attached hydrogens (tertiary/aromatic N) is 3. The van der Waals surface area contributed by atoms with Crippen molar-refractivity contribution in [1.82, 2.24) is 19.9 Å². The molecule has 0 spiro atoms. The lowest BCUT2D eigenvalue weighted by Gasteiger charge is -2.22. The maximum absolute atomic E-state index is 4.36. The molecule has 0 amide bonds. The van der Waals surface area contributed by atoms with Gasteiger partial charge in [-0.25, -0.2) is 0 Å². The van der Waals surface area contributed by atoms with E-state index in [2.05, 4.69) is 26.8 Å². The molecule has 0 radical (unpaired) electrons. The van der Waals surface area contributed by atoms with Gasteiger partial charge in [0.25, 0.3) is 0 Å². The molecular weight excluding hydrogens is 236 g/mol. The van der Waals surface area contributed by atoms with Gasteiger partial charge in [0.2, 0.25) is 0 Å². The summed E-state index contributed by atoms with van der Waals surface area (Å²) in [4.78, 5) is 0. The summed E-state index contributed by atoms with van der Waals surface area (Å²) in [6.07, 6.45) is 7.66. The molecule has 0 bridgehead atoms. The standard InChI is InChI=1S/C15H20N4/c1-10(16-14(11-5-6-11)12-7-8-12)15-18-17-13-4-2-3-9-19(13)15/h2-4,9-12,14,16H,5-8H2,1H3. The van der Waals surface area contributed by atoms with Gasteiger partial charge in [-0.3, -0.25) is 4.40 Å². The maximum Gasteiger partial charge on any atom is 0.160 e. The van der Waals surface area contributed by atoms with E-state index in [0.717, 1.165) is 23.3 Å². The Morgan fingerprint density at radius 1 is 1.16 bits per heavy atom. The normalized spacial score (nSPS) is 21.2. The Bertz CT molecular complexity index is 571. The van der Waals surface area contributed by atoms with Crippen LogP contribution in [-0.2, 0) is 0 Å². The average Bonchev–Trinajstić information content (AvgIpc) is 3.32. The van der Waals surface area contributed by atoms with Gasteiger partial charge in [0.05, 0.1) is 6.04 Å². The second-order valence-corrected chi connectivity index (χ2v) is 6.08. The van der Waals surface area contributed by atoms with Gasteiger partial charge < -0.3 is 5.32 Å². The number of nitrogens with one attached hydrogen (secondary N) is 1. The Morgan fingerprint density at radius 3 is 2.58 bits per heavy atom. The molecule has 2 aliphatic carbocycles. The summed E-state index contributed by atoms with van der Waals surface area (Å²) in [6, 6.07) is 7.01. The van der Waals surface area contributed by atoms with Gasteiger partial charge in [0.1, 0.15) is 0 Å². The zero-order chi connectivity index (χ0) is 12.8. The zero-order valence-corrected chi connectivity index (χ0v) is 11.3. The molecule has 0 saturated heterocycles. The van der Waals surface area contributed by atoms with Crippen LogP contribution >= 0.6 is 0 Å². The first-order chi connectivity index (χ1) is 9.33. The Labute approximate surface area is 113 Å². The van der Waals surface area contributed by atoms with Gasteiger partial charge in [-0.05, 0) is 56.6 Å². The van der Waals surface area contributed by atoms with Gasteiger partial charge in [-0.2, -0.15) is 0 Å². The van der Waals surface area contributed by atoms with Crippen LogP contribution in [0.2, 0.25) is 0 Å². The summed E-state index contributed by atoms with van der Waals surface area (Å²) >= 11 is 0. The number of hydrogen-bond acceptors (Lipinski definition) is 3. The molecule has 2 aromatic heterocycles. The van der Waals surface area contributed by atoms with Gasteiger partial charge in [0.15, 0.2) is 11.5 Å². The van der Waals surface area contributed by atoms with E-state index in [1.165, 1.54) is 25.7 Å². The van der Waals surface area contributed by atoms with Gasteiger partial charge >= 0.3 is 0 Å². The monoisotopic (exact) mass is 256 g/mol. The van der Waals surface area contributed by atoms with Crippen LogP contribution in [0, 0.1) is 11.8 Å². The molecule has 2 aliphatic rings. The van der Waals surface area contributed by atoms with Crippen molar-refractivity contribution >= 4 is 5.65 Å². The van der Waals surface area contributed by atoms with Crippen molar-refractivity contribution < 1.29 is 0 Å². The third kappa shape index (κ3) is 2.14. The first kappa shape index (κ1) is 11.4. The number of pyridine rings is 1. The molecule has 4 rings (SSSR count). The van der Waals surface area contributed by atoms with Crippen LogP contribution in [0.25, 0.3) is 5.65 Å². The first-order valence-corrected chi connectivity index (χ1v) is 7.38. The predicted octanol–water partition coefficient (Wildman–Crippen LogP) is 2.57. The van der Waals surface area contributed by atoms with E-state index >= 15 is 0 Å². The van der Waals surface area contributed by atoms with Crippen molar-refractivity contribution in [3.05, 3.63) is 30.2 Å². The zero-order valence-electron chi connectivity index (χ0n) is 11.3. The molecule has 1 atom stereocenters. The lowest BCUT2D eigenvalue weighted by Crippen LogP contribution is -2.35. The number of fused-ring (bicyclic) bond motifs is 1. The van der Waals surface area contributed by atoms with Crippen molar-refractivity contribution in [3.8, 4) is 0 Å². The minimum Gasteiger partial charge on any atom is -0.304 e. The van der Waals surface area contributed by atoms with Crippen molar-refractivity contribution in [2.24, 2.45) is 11.8 Å². The van der Waals surface area contributed by atoms with Crippen LogP contribution in [-0.4, -0.2) is 20.6 Å². The number of hydrogen-bond donors (Lipinski definition) is 1. The Hall–Kier alpha value is -1.42. The van der Waals surface area contributed by atoms with Gasteiger partial charge in [-0.1, -0.05) is 6.07 Å². The molecule has 4 nitrogen and oxygen atoms in total. The highest BCUT2D eigenvalue weighted by Gasteiger charge is 2.42. The quantitative estimate of drug-likeness (QED) is 0.894. The van der Waals surface area contributed by atoms with Crippen molar-refractivity contribution in [3.63, 3.8) is 0 Å². The van der Waals surface area contributed by atoms with Crippen molar-refractivity contribution in [2.75, 3.05) is 0 Å². The third-order valence-electron chi connectivity index (χ3n) is 4.43. The molecule has 19 heavy (non-hydrogen) atoms. The molecule has 0 aromatic carbocycles. The Morgan fingerprint density at radius 2 is 1.89 bits per heavy atom. The summed E-state index contributed by atoms with van der Waals surface area (Å²) in [5.74, 6) is 2.85. The van der Waals surface area contributed by atoms with E-state index in [0.29, 0.717) is 6.04 Å². The fourth-order valence-corrected chi connectivity index (χ4v) is 3.09. The average molecular weight is 256 g/mol. The molecule has 2 fully saturated rings. The highest BCUT2D eigenvalue weighted by molar-refractivity contribution is 5.37. The van der Waals surface area contributed by atoms with E-state index in [4.69, 9.17) is 0 Å². The smallest absolute Gasteiger partial charge is 0.160 e. The highest BCUT2D eigenvalue weighted by Crippen LogP contribution is 2.45. The van der Waals surface area contributed by atoms with E-state index in [-0.39, 0.29) is 6.04 Å². The largest absolute Gasteiger partial charge is 0.304 e. The van der Waals surface area contributed by atoms with Gasteiger partial charge in [0, 0.05) is 12.2 Å². The van der Waals surface area contributed by atoms with Gasteiger partial charge in [-0.15, -0.1) is 10.2 Å². The summed E-state index contributed by atoms with van der Waals surface area (Å²) in [5.41, 5.74) is 0.931. The maximum atomic E-state index is 4.36. The topological polar surface area (TPSA) is 42.2 Å². The fourth-order valence-electron chi connectivity index (χ4n) is 3.09. The SMILES string of the molecule is CC(NC(C1CC1)C1CC1)c1nnc2ccccn12. The minimum absolute atomic E-state index is 0.267. The predicted molar refractivity (Wildman–Crippen MR) is 73.8 cm³/mol. The van der Waals surface area contributed by atoms with Crippen LogP contribution in [0.1, 0.15) is 44.5 Å². The molecule has 4 heteroatoms. The number of aromatic nitrogens is 3.